The van der Waals surface area contributed by atoms with Crippen molar-refractivity contribution < 1.29 is 14.3 Å². The minimum atomic E-state index is -0.175. The third kappa shape index (κ3) is 4.85. The molecule has 0 spiro atoms. The number of esters is 1. The van der Waals surface area contributed by atoms with Crippen molar-refractivity contribution in [2.45, 2.75) is 25.7 Å². The van der Waals surface area contributed by atoms with E-state index in [-0.39, 0.29) is 5.97 Å². The van der Waals surface area contributed by atoms with Gasteiger partial charge in [0.15, 0.2) is 0 Å². The normalized spacial score (nSPS) is 15.8. The summed E-state index contributed by atoms with van der Waals surface area (Å²) in [5.74, 6) is 1.37. The molecule has 1 fully saturated rings. The van der Waals surface area contributed by atoms with Gasteiger partial charge in [0.25, 0.3) is 0 Å². The van der Waals surface area contributed by atoms with Gasteiger partial charge in [-0.2, -0.15) is 0 Å². The van der Waals surface area contributed by atoms with Gasteiger partial charge in [-0.05, 0) is 56.0 Å². The van der Waals surface area contributed by atoms with Crippen LogP contribution in [0.5, 0.6) is 5.75 Å². The summed E-state index contributed by atoms with van der Waals surface area (Å²) in [5, 5.41) is 3.36. The van der Waals surface area contributed by atoms with Crippen LogP contribution < -0.4 is 10.1 Å². The molecule has 0 unspecified atom stereocenters. The van der Waals surface area contributed by atoms with Gasteiger partial charge in [-0.3, -0.25) is 4.79 Å². The van der Waals surface area contributed by atoms with Crippen molar-refractivity contribution in [1.82, 2.24) is 5.32 Å². The van der Waals surface area contributed by atoms with Crippen LogP contribution in [0.2, 0.25) is 0 Å². The number of carbonyl (C=O) groups is 1. The van der Waals surface area contributed by atoms with Gasteiger partial charge in [0.1, 0.15) is 5.75 Å². The molecule has 1 aromatic carbocycles. The summed E-state index contributed by atoms with van der Waals surface area (Å²) in [6.07, 6.45) is 3.47. The third-order valence-electron chi connectivity index (χ3n) is 3.69. The fourth-order valence-corrected chi connectivity index (χ4v) is 2.40. The first-order valence-electron chi connectivity index (χ1n) is 7.27. The minimum absolute atomic E-state index is 0.175. The van der Waals surface area contributed by atoms with Gasteiger partial charge >= 0.3 is 5.97 Å². The Morgan fingerprint density at radius 1 is 1.35 bits per heavy atom. The lowest BCUT2D eigenvalue weighted by molar-refractivity contribution is -0.140. The zero-order valence-corrected chi connectivity index (χ0v) is 12.1. The molecule has 110 valence electrons. The molecule has 0 aliphatic carbocycles. The lowest BCUT2D eigenvalue weighted by Crippen LogP contribution is -2.30. The molecule has 0 bridgehead atoms. The number of nitrogens with one attached hydrogen (secondary N) is 1. The van der Waals surface area contributed by atoms with Crippen molar-refractivity contribution in [3.8, 4) is 5.75 Å². The van der Waals surface area contributed by atoms with Gasteiger partial charge in [-0.15, -0.1) is 0 Å². The highest BCUT2D eigenvalue weighted by Crippen LogP contribution is 2.18. The molecule has 0 aromatic heterocycles. The van der Waals surface area contributed by atoms with Crippen LogP contribution in [-0.4, -0.2) is 32.8 Å². The molecule has 1 aromatic rings. The summed E-state index contributed by atoms with van der Waals surface area (Å²) in [5.41, 5.74) is 1.11. The van der Waals surface area contributed by atoms with Gasteiger partial charge in [-0.25, -0.2) is 0 Å². The van der Waals surface area contributed by atoms with Crippen LogP contribution in [0, 0.1) is 5.92 Å². The molecule has 0 amide bonds. The SMILES string of the molecule is COC(=O)CCc1cccc(OCC2CCNCC2)c1. The topological polar surface area (TPSA) is 47.6 Å². The number of rotatable bonds is 6. The number of ether oxygens (including phenoxy) is 2. The van der Waals surface area contributed by atoms with E-state index in [1.165, 1.54) is 20.0 Å². The van der Waals surface area contributed by atoms with Gasteiger partial charge in [0.05, 0.1) is 13.7 Å². The van der Waals surface area contributed by atoms with Crippen molar-refractivity contribution >= 4 is 5.97 Å². The van der Waals surface area contributed by atoms with E-state index in [4.69, 9.17) is 4.74 Å². The highest BCUT2D eigenvalue weighted by Gasteiger charge is 2.13. The van der Waals surface area contributed by atoms with E-state index in [0.29, 0.717) is 18.8 Å². The quantitative estimate of drug-likeness (QED) is 0.810. The van der Waals surface area contributed by atoms with Crippen LogP contribution >= 0.6 is 0 Å². The first-order chi connectivity index (χ1) is 9.78. The van der Waals surface area contributed by atoms with Crippen molar-refractivity contribution in [1.29, 1.82) is 0 Å². The van der Waals surface area contributed by atoms with Gasteiger partial charge in [-0.1, -0.05) is 12.1 Å². The second kappa shape index (κ2) is 7.90. The lowest BCUT2D eigenvalue weighted by Gasteiger charge is -2.22. The van der Waals surface area contributed by atoms with E-state index >= 15 is 0 Å². The summed E-state index contributed by atoms with van der Waals surface area (Å²) in [7, 11) is 1.42. The molecule has 1 N–H and O–H groups in total. The number of carbonyl (C=O) groups excluding carboxylic acids is 1. The predicted molar refractivity (Wildman–Crippen MR) is 77.9 cm³/mol. The van der Waals surface area contributed by atoms with Gasteiger partial charge in [0, 0.05) is 6.42 Å². The summed E-state index contributed by atoms with van der Waals surface area (Å²) in [4.78, 5) is 11.1. The summed E-state index contributed by atoms with van der Waals surface area (Å²) in [6, 6.07) is 7.98. The maximum atomic E-state index is 11.1. The Morgan fingerprint density at radius 3 is 2.90 bits per heavy atom. The number of piperidine rings is 1. The number of aryl methyl sites for hydroxylation is 1. The molecular weight excluding hydrogens is 254 g/mol. The molecule has 1 saturated heterocycles. The second-order valence-corrected chi connectivity index (χ2v) is 5.23. The van der Waals surface area contributed by atoms with E-state index in [1.807, 2.05) is 24.3 Å². The molecule has 20 heavy (non-hydrogen) atoms. The standard InChI is InChI=1S/C16H23NO3/c1-19-16(18)6-5-13-3-2-4-15(11-13)20-12-14-7-9-17-10-8-14/h2-4,11,14,17H,5-10,12H2,1H3. The zero-order chi connectivity index (χ0) is 14.2. The molecule has 1 heterocycles. The molecule has 1 aliphatic heterocycles. The summed E-state index contributed by atoms with van der Waals surface area (Å²) < 4.78 is 10.5. The number of benzene rings is 1. The number of hydrogen-bond acceptors (Lipinski definition) is 4. The monoisotopic (exact) mass is 277 g/mol. The molecule has 1 aliphatic rings. The Labute approximate surface area is 120 Å². The van der Waals surface area contributed by atoms with Crippen LogP contribution in [-0.2, 0) is 16.0 Å². The van der Waals surface area contributed by atoms with E-state index in [2.05, 4.69) is 10.1 Å². The third-order valence-corrected chi connectivity index (χ3v) is 3.69. The molecule has 0 saturated carbocycles. The highest BCUT2D eigenvalue weighted by molar-refractivity contribution is 5.69. The number of methoxy groups -OCH3 is 1. The first-order valence-corrected chi connectivity index (χ1v) is 7.27. The average molecular weight is 277 g/mol. The Balaban J connectivity index is 1.80. The Kier molecular flexibility index (Phi) is 5.87. The van der Waals surface area contributed by atoms with E-state index in [9.17, 15) is 4.79 Å². The summed E-state index contributed by atoms with van der Waals surface area (Å²) >= 11 is 0. The van der Waals surface area contributed by atoms with Crippen LogP contribution in [0.15, 0.2) is 24.3 Å². The van der Waals surface area contributed by atoms with Crippen LogP contribution in [0.3, 0.4) is 0 Å². The second-order valence-electron chi connectivity index (χ2n) is 5.23. The maximum Gasteiger partial charge on any atom is 0.305 e. The predicted octanol–water partition coefficient (Wildman–Crippen LogP) is 2.17. The van der Waals surface area contributed by atoms with Crippen molar-refractivity contribution in [2.24, 2.45) is 5.92 Å². The minimum Gasteiger partial charge on any atom is -0.493 e. The van der Waals surface area contributed by atoms with E-state index in [0.717, 1.165) is 31.0 Å². The molecule has 4 nitrogen and oxygen atoms in total. The Hall–Kier alpha value is -1.55. The molecule has 0 radical (unpaired) electrons. The first kappa shape index (κ1) is 14.9. The maximum absolute atomic E-state index is 11.1. The zero-order valence-electron chi connectivity index (χ0n) is 12.1. The molecule has 4 heteroatoms. The average Bonchev–Trinajstić information content (AvgIpc) is 2.52. The summed E-state index contributed by atoms with van der Waals surface area (Å²) in [6.45, 7) is 2.96. The van der Waals surface area contributed by atoms with Crippen molar-refractivity contribution in [3.05, 3.63) is 29.8 Å². The highest BCUT2D eigenvalue weighted by atomic mass is 16.5. The molecular formula is C16H23NO3. The Morgan fingerprint density at radius 2 is 2.15 bits per heavy atom. The smallest absolute Gasteiger partial charge is 0.305 e. The van der Waals surface area contributed by atoms with Crippen LogP contribution in [0.25, 0.3) is 0 Å². The van der Waals surface area contributed by atoms with Crippen LogP contribution in [0.1, 0.15) is 24.8 Å². The molecule has 0 atom stereocenters. The Bertz CT molecular complexity index is 427. The van der Waals surface area contributed by atoms with Crippen molar-refractivity contribution in [3.63, 3.8) is 0 Å². The van der Waals surface area contributed by atoms with Gasteiger partial charge in [0.2, 0.25) is 0 Å². The lowest BCUT2D eigenvalue weighted by atomic mass is 9.99. The van der Waals surface area contributed by atoms with Crippen LogP contribution in [0.4, 0.5) is 0 Å². The van der Waals surface area contributed by atoms with Crippen molar-refractivity contribution in [2.75, 3.05) is 26.8 Å². The van der Waals surface area contributed by atoms with Gasteiger partial charge < -0.3 is 14.8 Å². The number of hydrogen-bond donors (Lipinski definition) is 1. The molecule has 2 rings (SSSR count). The van der Waals surface area contributed by atoms with E-state index < -0.39 is 0 Å². The fourth-order valence-electron chi connectivity index (χ4n) is 2.40. The fraction of sp³-hybridized carbons (Fsp3) is 0.562. The van der Waals surface area contributed by atoms with E-state index in [1.54, 1.807) is 0 Å². The largest absolute Gasteiger partial charge is 0.493 e.